The molecular formula is C15H21F2N. The number of hydrogen-bond acceptors (Lipinski definition) is 1. The maximum atomic E-state index is 14.0. The third kappa shape index (κ3) is 2.89. The van der Waals surface area contributed by atoms with Gasteiger partial charge < -0.3 is 5.32 Å². The van der Waals surface area contributed by atoms with Crippen LogP contribution in [0.1, 0.15) is 37.8 Å². The molecule has 0 aromatic heterocycles. The SMILES string of the molecule is CC(C)C(F)(F)c1cccc(CC2CCCN2)c1. The molecule has 0 amide bonds. The monoisotopic (exact) mass is 253 g/mol. The standard InChI is InChI=1S/C15H21F2N/c1-11(2)15(16,17)13-6-3-5-12(9-13)10-14-7-4-8-18-14/h3,5-6,9,11,14,18H,4,7-8,10H2,1-2H3. The van der Waals surface area contributed by atoms with E-state index in [0.717, 1.165) is 24.9 Å². The fourth-order valence-corrected chi connectivity index (χ4v) is 2.45. The minimum absolute atomic E-state index is 0.146. The number of hydrogen-bond donors (Lipinski definition) is 1. The lowest BCUT2D eigenvalue weighted by atomic mass is 9.94. The Morgan fingerprint density at radius 2 is 2.17 bits per heavy atom. The summed E-state index contributed by atoms with van der Waals surface area (Å²) in [5, 5.41) is 3.40. The lowest BCUT2D eigenvalue weighted by Gasteiger charge is -2.21. The second kappa shape index (κ2) is 5.35. The van der Waals surface area contributed by atoms with Gasteiger partial charge >= 0.3 is 0 Å². The van der Waals surface area contributed by atoms with E-state index in [-0.39, 0.29) is 5.56 Å². The molecule has 0 spiro atoms. The van der Waals surface area contributed by atoms with Crippen LogP contribution in [-0.2, 0) is 12.3 Å². The van der Waals surface area contributed by atoms with E-state index in [1.165, 1.54) is 12.5 Å². The van der Waals surface area contributed by atoms with Crippen molar-refractivity contribution in [2.24, 2.45) is 5.92 Å². The Balaban J connectivity index is 2.14. The van der Waals surface area contributed by atoms with Crippen LogP contribution in [0.15, 0.2) is 24.3 Å². The normalized spacial score (nSPS) is 20.6. The van der Waals surface area contributed by atoms with Crippen LogP contribution < -0.4 is 5.32 Å². The Labute approximate surface area is 108 Å². The molecule has 1 aromatic rings. The van der Waals surface area contributed by atoms with Crippen molar-refractivity contribution in [3.8, 4) is 0 Å². The fraction of sp³-hybridized carbons (Fsp3) is 0.600. The van der Waals surface area contributed by atoms with Gasteiger partial charge in [-0.3, -0.25) is 0 Å². The summed E-state index contributed by atoms with van der Waals surface area (Å²) in [6, 6.07) is 7.34. The van der Waals surface area contributed by atoms with Crippen molar-refractivity contribution >= 4 is 0 Å². The molecule has 1 heterocycles. The Morgan fingerprint density at radius 1 is 1.39 bits per heavy atom. The first-order chi connectivity index (χ1) is 8.50. The highest BCUT2D eigenvalue weighted by molar-refractivity contribution is 5.28. The van der Waals surface area contributed by atoms with Gasteiger partial charge in [0.05, 0.1) is 0 Å². The van der Waals surface area contributed by atoms with Crippen molar-refractivity contribution in [3.63, 3.8) is 0 Å². The van der Waals surface area contributed by atoms with Gasteiger partial charge in [-0.2, -0.15) is 0 Å². The van der Waals surface area contributed by atoms with Gasteiger partial charge in [0.1, 0.15) is 0 Å². The fourth-order valence-electron chi connectivity index (χ4n) is 2.45. The van der Waals surface area contributed by atoms with Gasteiger partial charge in [-0.25, -0.2) is 8.78 Å². The van der Waals surface area contributed by atoms with Crippen molar-refractivity contribution in [1.82, 2.24) is 5.32 Å². The summed E-state index contributed by atoms with van der Waals surface area (Å²) in [7, 11) is 0. The zero-order valence-corrected chi connectivity index (χ0v) is 11.0. The predicted molar refractivity (Wildman–Crippen MR) is 69.9 cm³/mol. The van der Waals surface area contributed by atoms with E-state index in [2.05, 4.69) is 5.32 Å². The van der Waals surface area contributed by atoms with Gasteiger partial charge in [0.15, 0.2) is 0 Å². The molecular weight excluding hydrogens is 232 g/mol. The van der Waals surface area contributed by atoms with E-state index in [4.69, 9.17) is 0 Å². The van der Waals surface area contributed by atoms with Gasteiger partial charge in [-0.15, -0.1) is 0 Å². The number of alkyl halides is 2. The van der Waals surface area contributed by atoms with Gasteiger partial charge in [-0.05, 0) is 37.4 Å². The number of rotatable bonds is 4. The molecule has 1 N–H and O–H groups in total. The minimum Gasteiger partial charge on any atom is -0.314 e. The van der Waals surface area contributed by atoms with Crippen LogP contribution in [-0.4, -0.2) is 12.6 Å². The molecule has 18 heavy (non-hydrogen) atoms. The van der Waals surface area contributed by atoms with Crippen LogP contribution in [0.5, 0.6) is 0 Å². The average Bonchev–Trinajstić information content (AvgIpc) is 2.82. The topological polar surface area (TPSA) is 12.0 Å². The van der Waals surface area contributed by atoms with Gasteiger partial charge in [-0.1, -0.05) is 32.0 Å². The lowest BCUT2D eigenvalue weighted by Crippen LogP contribution is -2.24. The molecule has 0 saturated carbocycles. The van der Waals surface area contributed by atoms with Crippen molar-refractivity contribution < 1.29 is 8.78 Å². The summed E-state index contributed by atoms with van der Waals surface area (Å²) in [5.74, 6) is -3.41. The van der Waals surface area contributed by atoms with Crippen LogP contribution in [0.2, 0.25) is 0 Å². The maximum absolute atomic E-state index is 14.0. The second-order valence-corrected chi connectivity index (χ2v) is 5.48. The highest BCUT2D eigenvalue weighted by atomic mass is 19.3. The molecule has 1 fully saturated rings. The predicted octanol–water partition coefficient (Wildman–Crippen LogP) is 3.73. The van der Waals surface area contributed by atoms with E-state index >= 15 is 0 Å². The largest absolute Gasteiger partial charge is 0.314 e. The van der Waals surface area contributed by atoms with Crippen LogP contribution >= 0.6 is 0 Å². The molecule has 1 unspecified atom stereocenters. The van der Waals surface area contributed by atoms with Crippen molar-refractivity contribution in [2.75, 3.05) is 6.54 Å². The smallest absolute Gasteiger partial charge is 0.275 e. The molecule has 1 aromatic carbocycles. The molecule has 1 saturated heterocycles. The Hall–Kier alpha value is -0.960. The van der Waals surface area contributed by atoms with Crippen LogP contribution in [0.3, 0.4) is 0 Å². The van der Waals surface area contributed by atoms with Gasteiger partial charge in [0, 0.05) is 17.5 Å². The Bertz CT molecular complexity index is 395. The maximum Gasteiger partial charge on any atom is 0.275 e. The molecule has 1 aliphatic rings. The van der Waals surface area contributed by atoms with Gasteiger partial charge in [0.2, 0.25) is 0 Å². The molecule has 0 radical (unpaired) electrons. The molecule has 1 nitrogen and oxygen atoms in total. The van der Waals surface area contributed by atoms with E-state index in [0.29, 0.717) is 6.04 Å². The molecule has 3 heteroatoms. The van der Waals surface area contributed by atoms with Crippen molar-refractivity contribution in [2.45, 2.75) is 45.1 Å². The van der Waals surface area contributed by atoms with E-state index in [9.17, 15) is 8.78 Å². The third-order valence-corrected chi connectivity index (χ3v) is 3.68. The summed E-state index contributed by atoms with van der Waals surface area (Å²) in [6.07, 6.45) is 3.18. The van der Waals surface area contributed by atoms with Crippen LogP contribution in [0.4, 0.5) is 8.78 Å². The lowest BCUT2D eigenvalue weighted by molar-refractivity contribution is -0.0514. The van der Waals surface area contributed by atoms with Gasteiger partial charge in [0.25, 0.3) is 5.92 Å². The summed E-state index contributed by atoms with van der Waals surface area (Å²) in [6.45, 7) is 4.17. The van der Waals surface area contributed by atoms with Crippen molar-refractivity contribution in [1.29, 1.82) is 0 Å². The molecule has 0 aliphatic carbocycles. The van der Waals surface area contributed by atoms with Crippen molar-refractivity contribution in [3.05, 3.63) is 35.4 Å². The quantitative estimate of drug-likeness (QED) is 0.862. The molecule has 2 rings (SSSR count). The van der Waals surface area contributed by atoms with Crippen LogP contribution in [0, 0.1) is 5.92 Å². The number of nitrogens with one attached hydrogen (secondary N) is 1. The first-order valence-electron chi connectivity index (χ1n) is 6.70. The highest BCUT2D eigenvalue weighted by Gasteiger charge is 2.35. The van der Waals surface area contributed by atoms with E-state index < -0.39 is 11.8 Å². The highest BCUT2D eigenvalue weighted by Crippen LogP contribution is 2.36. The minimum atomic E-state index is -2.74. The summed E-state index contributed by atoms with van der Waals surface area (Å²) < 4.78 is 27.9. The Kier molecular flexibility index (Phi) is 4.00. The summed E-state index contributed by atoms with van der Waals surface area (Å²) in [5.41, 5.74) is 1.15. The summed E-state index contributed by atoms with van der Waals surface area (Å²) in [4.78, 5) is 0. The zero-order valence-electron chi connectivity index (χ0n) is 11.0. The molecule has 0 bridgehead atoms. The number of benzene rings is 1. The van der Waals surface area contributed by atoms with E-state index in [1.807, 2.05) is 6.07 Å². The average molecular weight is 253 g/mol. The summed E-state index contributed by atoms with van der Waals surface area (Å²) >= 11 is 0. The third-order valence-electron chi connectivity index (χ3n) is 3.68. The van der Waals surface area contributed by atoms with E-state index in [1.54, 1.807) is 26.0 Å². The Morgan fingerprint density at radius 3 is 2.78 bits per heavy atom. The van der Waals surface area contributed by atoms with Crippen LogP contribution in [0.25, 0.3) is 0 Å². The first kappa shape index (κ1) is 13.5. The number of halogens is 2. The molecule has 1 atom stereocenters. The zero-order chi connectivity index (χ0) is 13.2. The molecule has 1 aliphatic heterocycles. The first-order valence-corrected chi connectivity index (χ1v) is 6.70. The molecule has 100 valence electrons. The second-order valence-electron chi connectivity index (χ2n) is 5.48.